The summed E-state index contributed by atoms with van der Waals surface area (Å²) in [6, 6.07) is 11.0. The number of ether oxygens (including phenoxy) is 1. The molecule has 0 radical (unpaired) electrons. The Hall–Kier alpha value is -3.68. The highest BCUT2D eigenvalue weighted by atomic mass is 16.5. The summed E-state index contributed by atoms with van der Waals surface area (Å²) in [6.07, 6.45) is 0. The predicted molar refractivity (Wildman–Crippen MR) is 106 cm³/mol. The van der Waals surface area contributed by atoms with Gasteiger partial charge in [0.25, 0.3) is 17.4 Å². The number of fused-ring (bicyclic) bond motifs is 2. The number of imide groups is 1. The van der Waals surface area contributed by atoms with E-state index in [1.54, 1.807) is 56.3 Å². The molecule has 2 heterocycles. The Morgan fingerprint density at radius 2 is 1.52 bits per heavy atom. The molecule has 0 spiro atoms. The fourth-order valence-corrected chi connectivity index (χ4v) is 3.68. The van der Waals surface area contributed by atoms with Gasteiger partial charge in [-0.2, -0.15) is 0 Å². The van der Waals surface area contributed by atoms with E-state index in [9.17, 15) is 19.2 Å². The lowest BCUT2D eigenvalue weighted by Gasteiger charge is -2.21. The van der Waals surface area contributed by atoms with E-state index in [1.807, 2.05) is 0 Å². The van der Waals surface area contributed by atoms with Gasteiger partial charge in [0.15, 0.2) is 0 Å². The van der Waals surface area contributed by atoms with Crippen LogP contribution < -0.4 is 16.0 Å². The largest absolute Gasteiger partial charge is 0.495 e. The first-order valence-corrected chi connectivity index (χ1v) is 9.14. The molecule has 8 heteroatoms. The summed E-state index contributed by atoms with van der Waals surface area (Å²) >= 11 is 0. The summed E-state index contributed by atoms with van der Waals surface area (Å²) in [5, 5.41) is 0.272. The van der Waals surface area contributed by atoms with Crippen LogP contribution in [0.3, 0.4) is 0 Å². The molecule has 148 valence electrons. The lowest BCUT2D eigenvalue weighted by molar-refractivity contribution is 0.0604. The van der Waals surface area contributed by atoms with E-state index < -0.39 is 29.1 Å². The Kier molecular flexibility index (Phi) is 4.34. The van der Waals surface area contributed by atoms with Gasteiger partial charge in [0.05, 0.1) is 23.6 Å². The van der Waals surface area contributed by atoms with Gasteiger partial charge >= 0.3 is 5.69 Å². The van der Waals surface area contributed by atoms with Gasteiger partial charge in [0.1, 0.15) is 17.9 Å². The van der Waals surface area contributed by atoms with E-state index in [-0.39, 0.29) is 17.6 Å². The molecule has 1 aliphatic heterocycles. The Morgan fingerprint density at radius 3 is 2.07 bits per heavy atom. The minimum Gasteiger partial charge on any atom is -0.495 e. The smallest absolute Gasteiger partial charge is 0.333 e. The highest BCUT2D eigenvalue weighted by Crippen LogP contribution is 2.26. The van der Waals surface area contributed by atoms with E-state index in [2.05, 4.69) is 0 Å². The number of hydrogen-bond donors (Lipinski definition) is 0. The maximum Gasteiger partial charge on any atom is 0.333 e. The molecule has 0 unspecified atom stereocenters. The van der Waals surface area contributed by atoms with E-state index in [0.29, 0.717) is 16.9 Å². The number of para-hydroxylation sites is 1. The quantitative estimate of drug-likeness (QED) is 0.633. The highest BCUT2D eigenvalue weighted by Gasteiger charge is 2.36. The number of carbonyl (C=O) groups excluding carboxylic acids is 2. The molecule has 0 fully saturated rings. The number of methoxy groups -OCH3 is 1. The second-order valence-electron chi connectivity index (χ2n) is 7.06. The van der Waals surface area contributed by atoms with Crippen LogP contribution in [0.15, 0.2) is 52.1 Å². The predicted octanol–water partition coefficient (Wildman–Crippen LogP) is 2.01. The molecular weight excluding hydrogens is 374 g/mol. The maximum absolute atomic E-state index is 13.2. The molecule has 29 heavy (non-hydrogen) atoms. The van der Waals surface area contributed by atoms with Gasteiger partial charge in [-0.1, -0.05) is 18.2 Å². The number of hydrogen-bond acceptors (Lipinski definition) is 5. The van der Waals surface area contributed by atoms with Crippen molar-refractivity contribution in [3.05, 3.63) is 74.4 Å². The number of carbonyl (C=O) groups is 2. The average molecular weight is 393 g/mol. The Labute approximate surface area is 165 Å². The van der Waals surface area contributed by atoms with Gasteiger partial charge < -0.3 is 4.74 Å². The number of amides is 2. The van der Waals surface area contributed by atoms with Gasteiger partial charge in [-0.15, -0.1) is 0 Å². The van der Waals surface area contributed by atoms with Crippen molar-refractivity contribution in [1.82, 2.24) is 14.0 Å². The molecule has 3 aromatic rings. The molecule has 0 bridgehead atoms. The standard InChI is InChI=1S/C21H19N3O5/c1-12(2)24-20(27)15-9-6-10-16(29-3)17(15)22(21(24)28)11-23-18(25)13-7-4-5-8-14(13)19(23)26/h4-10,12H,11H2,1-3H3. The molecule has 8 nitrogen and oxygen atoms in total. The fourth-order valence-electron chi connectivity index (χ4n) is 3.68. The van der Waals surface area contributed by atoms with Gasteiger partial charge in [0.2, 0.25) is 0 Å². The van der Waals surface area contributed by atoms with E-state index >= 15 is 0 Å². The highest BCUT2D eigenvalue weighted by molar-refractivity contribution is 6.21. The van der Waals surface area contributed by atoms with Gasteiger partial charge in [0, 0.05) is 6.04 Å². The Morgan fingerprint density at radius 1 is 0.897 bits per heavy atom. The molecule has 0 N–H and O–H groups in total. The summed E-state index contributed by atoms with van der Waals surface area (Å²) in [6.45, 7) is 3.12. The first kappa shape index (κ1) is 18.7. The van der Waals surface area contributed by atoms with Crippen molar-refractivity contribution < 1.29 is 14.3 Å². The molecule has 0 aliphatic carbocycles. The zero-order valence-corrected chi connectivity index (χ0v) is 16.2. The summed E-state index contributed by atoms with van der Waals surface area (Å²) < 4.78 is 7.72. The van der Waals surface area contributed by atoms with Crippen LogP contribution in [0, 0.1) is 0 Å². The molecule has 0 saturated carbocycles. The fraction of sp³-hybridized carbons (Fsp3) is 0.238. The third-order valence-corrected chi connectivity index (χ3v) is 5.05. The van der Waals surface area contributed by atoms with Gasteiger partial charge in [-0.25, -0.2) is 4.79 Å². The van der Waals surface area contributed by atoms with E-state index in [1.165, 1.54) is 11.7 Å². The summed E-state index contributed by atoms with van der Waals surface area (Å²) in [5.41, 5.74) is -0.229. The first-order chi connectivity index (χ1) is 13.9. The lowest BCUT2D eigenvalue weighted by atomic mass is 10.1. The maximum atomic E-state index is 13.2. The molecule has 1 aliphatic rings. The molecule has 0 atom stereocenters. The number of benzene rings is 2. The van der Waals surface area contributed by atoms with Crippen LogP contribution in [0.5, 0.6) is 5.75 Å². The monoisotopic (exact) mass is 393 g/mol. The zero-order valence-electron chi connectivity index (χ0n) is 16.2. The third-order valence-electron chi connectivity index (χ3n) is 5.05. The van der Waals surface area contributed by atoms with Crippen molar-refractivity contribution in [2.45, 2.75) is 26.6 Å². The summed E-state index contributed by atoms with van der Waals surface area (Å²) in [5.74, 6) is -0.657. The van der Waals surface area contributed by atoms with E-state index in [0.717, 1.165) is 9.47 Å². The van der Waals surface area contributed by atoms with Gasteiger partial charge in [-0.3, -0.25) is 28.4 Å². The topological polar surface area (TPSA) is 90.6 Å². The van der Waals surface area contributed by atoms with E-state index in [4.69, 9.17) is 4.74 Å². The third kappa shape index (κ3) is 2.67. The van der Waals surface area contributed by atoms with Crippen molar-refractivity contribution in [3.63, 3.8) is 0 Å². The Bertz CT molecular complexity index is 1250. The molecule has 2 amide bonds. The van der Waals surface area contributed by atoms with Gasteiger partial charge in [-0.05, 0) is 38.1 Å². The van der Waals surface area contributed by atoms with Crippen molar-refractivity contribution in [1.29, 1.82) is 0 Å². The number of rotatable bonds is 4. The SMILES string of the molecule is COc1cccc2c(=O)n(C(C)C)c(=O)n(CN3C(=O)c4ccccc4C3=O)c12. The van der Waals surface area contributed by atoms with Crippen molar-refractivity contribution >= 4 is 22.7 Å². The second kappa shape index (κ2) is 6.73. The van der Waals surface area contributed by atoms with Crippen molar-refractivity contribution in [2.24, 2.45) is 0 Å². The molecule has 2 aromatic carbocycles. The minimum atomic E-state index is -0.612. The van der Waals surface area contributed by atoms with Crippen LogP contribution in [0.4, 0.5) is 0 Å². The molecule has 4 rings (SSSR count). The van der Waals surface area contributed by atoms with Crippen LogP contribution in [-0.2, 0) is 6.67 Å². The molecular formula is C21H19N3O5. The van der Waals surface area contributed by atoms with Crippen molar-refractivity contribution in [3.8, 4) is 5.75 Å². The summed E-state index contributed by atoms with van der Waals surface area (Å²) in [7, 11) is 1.43. The van der Waals surface area contributed by atoms with Crippen LogP contribution in [0.1, 0.15) is 40.6 Å². The normalized spacial score (nSPS) is 13.4. The number of aromatic nitrogens is 2. The van der Waals surface area contributed by atoms with Crippen LogP contribution >= 0.6 is 0 Å². The second-order valence-corrected chi connectivity index (χ2v) is 7.06. The van der Waals surface area contributed by atoms with Crippen LogP contribution in [0.25, 0.3) is 10.9 Å². The Balaban J connectivity index is 1.97. The van der Waals surface area contributed by atoms with Crippen molar-refractivity contribution in [2.75, 3.05) is 7.11 Å². The van der Waals surface area contributed by atoms with Crippen LogP contribution in [-0.4, -0.2) is 33.0 Å². The van der Waals surface area contributed by atoms with Crippen LogP contribution in [0.2, 0.25) is 0 Å². The number of nitrogens with zero attached hydrogens (tertiary/aromatic N) is 3. The zero-order chi connectivity index (χ0) is 20.9. The molecule has 0 saturated heterocycles. The lowest BCUT2D eigenvalue weighted by Crippen LogP contribution is -2.44. The summed E-state index contributed by atoms with van der Waals surface area (Å²) in [4.78, 5) is 52.7. The first-order valence-electron chi connectivity index (χ1n) is 9.14. The average Bonchev–Trinajstić information content (AvgIpc) is 2.95. The molecule has 1 aromatic heterocycles. The minimum absolute atomic E-state index is 0.249.